The second-order valence-electron chi connectivity index (χ2n) is 8.25. The Balaban J connectivity index is 1.39. The summed E-state index contributed by atoms with van der Waals surface area (Å²) in [6, 6.07) is 18.6. The molecule has 0 radical (unpaired) electrons. The summed E-state index contributed by atoms with van der Waals surface area (Å²) in [5.74, 6) is -1.07. The maximum absolute atomic E-state index is 12.8. The first-order valence-corrected chi connectivity index (χ1v) is 12.4. The molecule has 0 spiro atoms. The van der Waals surface area contributed by atoms with Crippen LogP contribution in [0.25, 0.3) is 11.1 Å². The van der Waals surface area contributed by atoms with Gasteiger partial charge in [0.25, 0.3) is 21.6 Å². The average molecular weight is 510 g/mol. The van der Waals surface area contributed by atoms with Crippen LogP contribution in [-0.2, 0) is 19.6 Å². The van der Waals surface area contributed by atoms with Crippen molar-refractivity contribution in [3.05, 3.63) is 94.0 Å². The normalized spacial score (nSPS) is 13.3. The monoisotopic (exact) mass is 509 g/mol. The van der Waals surface area contributed by atoms with Crippen molar-refractivity contribution in [2.24, 2.45) is 0 Å². The first kappa shape index (κ1) is 24.9. The molecule has 0 heterocycles. The number of hydrogen-bond acceptors (Lipinski definition) is 7. The summed E-state index contributed by atoms with van der Waals surface area (Å²) >= 11 is 0. The Bertz CT molecular complexity index is 1390. The summed E-state index contributed by atoms with van der Waals surface area (Å²) in [5.41, 5.74) is 3.93. The van der Waals surface area contributed by atoms with Crippen molar-refractivity contribution in [2.75, 3.05) is 13.7 Å². The van der Waals surface area contributed by atoms with Crippen LogP contribution in [0.1, 0.15) is 24.0 Å². The summed E-state index contributed by atoms with van der Waals surface area (Å²) in [6.07, 6.45) is -0.862. The summed E-state index contributed by atoms with van der Waals surface area (Å²) < 4.78 is 31.4. The fraction of sp³-hybridized carbons (Fsp3) is 0.200. The first-order valence-electron chi connectivity index (χ1n) is 11.0. The number of benzene rings is 3. The minimum Gasteiger partial charge on any atom is -0.449 e. The Kier molecular flexibility index (Phi) is 6.75. The number of alkyl carbamates (subject to hydrolysis) is 1. The number of carbonyl (C=O) groups excluding carboxylic acids is 2. The number of sulfonamides is 1. The van der Waals surface area contributed by atoms with Gasteiger partial charge >= 0.3 is 6.09 Å². The minimum atomic E-state index is -4.28. The predicted octanol–water partition coefficient (Wildman–Crippen LogP) is 3.67. The Morgan fingerprint density at radius 1 is 1.00 bits per heavy atom. The quantitative estimate of drug-likeness (QED) is 0.379. The molecule has 1 N–H and O–H groups in total. The standard InChI is InChI=1S/C25H23N3O7S/c1-16(24(29)27(2)36(33,34)18-13-11-17(12-14-18)28(31)32)26-25(30)35-15-23-21-9-5-3-7-19(21)20-8-4-6-10-22(20)23/h3-14,16,23H,15H2,1-2H3,(H,26,30)/t16-/m1/s1. The third kappa shape index (κ3) is 4.65. The van der Waals surface area contributed by atoms with Gasteiger partial charge in [0.15, 0.2) is 0 Å². The fourth-order valence-electron chi connectivity index (χ4n) is 4.17. The molecule has 0 unspecified atom stereocenters. The lowest BCUT2D eigenvalue weighted by Gasteiger charge is -2.22. The molecule has 1 aliphatic rings. The maximum atomic E-state index is 12.8. The molecule has 3 aromatic carbocycles. The third-order valence-electron chi connectivity index (χ3n) is 6.06. The van der Waals surface area contributed by atoms with E-state index in [1.807, 2.05) is 48.5 Å². The number of hydrogen-bond donors (Lipinski definition) is 1. The SMILES string of the molecule is C[C@@H](NC(=O)OCC1c2ccccc2-c2ccccc21)C(=O)N(C)S(=O)(=O)c1ccc([N+](=O)[O-])cc1. The molecule has 4 rings (SSSR count). The Hall–Kier alpha value is -4.25. The molecule has 10 nitrogen and oxygen atoms in total. The molecule has 0 aromatic heterocycles. The number of fused-ring (bicyclic) bond motifs is 3. The summed E-state index contributed by atoms with van der Waals surface area (Å²) in [7, 11) is -3.23. The van der Waals surface area contributed by atoms with Gasteiger partial charge in [-0.1, -0.05) is 48.5 Å². The number of nitro groups is 1. The topological polar surface area (TPSA) is 136 Å². The molecular formula is C25H23N3O7S. The third-order valence-corrected chi connectivity index (χ3v) is 7.83. The zero-order chi connectivity index (χ0) is 26.0. The summed E-state index contributed by atoms with van der Waals surface area (Å²) in [4.78, 5) is 35.0. The van der Waals surface area contributed by atoms with Crippen LogP contribution in [0.2, 0.25) is 0 Å². The van der Waals surface area contributed by atoms with E-state index in [4.69, 9.17) is 4.74 Å². The highest BCUT2D eigenvalue weighted by atomic mass is 32.2. The number of ether oxygens (including phenoxy) is 1. The minimum absolute atomic E-state index is 0.0394. The van der Waals surface area contributed by atoms with E-state index >= 15 is 0 Å². The van der Waals surface area contributed by atoms with Crippen LogP contribution >= 0.6 is 0 Å². The van der Waals surface area contributed by atoms with Crippen molar-refractivity contribution < 1.29 is 27.7 Å². The molecule has 3 aromatic rings. The van der Waals surface area contributed by atoms with Gasteiger partial charge in [0.2, 0.25) is 0 Å². The van der Waals surface area contributed by atoms with E-state index in [0.717, 1.165) is 53.6 Å². The second kappa shape index (κ2) is 9.78. The molecule has 186 valence electrons. The molecule has 0 fully saturated rings. The van der Waals surface area contributed by atoms with E-state index < -0.39 is 33.0 Å². The van der Waals surface area contributed by atoms with Crippen LogP contribution in [0.3, 0.4) is 0 Å². The lowest BCUT2D eigenvalue weighted by molar-refractivity contribution is -0.384. The van der Waals surface area contributed by atoms with Gasteiger partial charge in [-0.05, 0) is 41.3 Å². The van der Waals surface area contributed by atoms with Gasteiger partial charge in [0, 0.05) is 25.1 Å². The molecule has 1 atom stereocenters. The van der Waals surface area contributed by atoms with Gasteiger partial charge in [-0.3, -0.25) is 14.9 Å². The Morgan fingerprint density at radius 2 is 1.53 bits per heavy atom. The number of carbonyl (C=O) groups is 2. The zero-order valence-electron chi connectivity index (χ0n) is 19.5. The zero-order valence-corrected chi connectivity index (χ0v) is 20.3. The smallest absolute Gasteiger partial charge is 0.407 e. The van der Waals surface area contributed by atoms with Crippen molar-refractivity contribution in [2.45, 2.75) is 23.8 Å². The number of amides is 2. The molecule has 11 heteroatoms. The van der Waals surface area contributed by atoms with Crippen molar-refractivity contribution in [3.8, 4) is 11.1 Å². The number of likely N-dealkylation sites (N-methyl/N-ethyl adjacent to an activating group) is 1. The van der Waals surface area contributed by atoms with E-state index in [2.05, 4.69) is 5.32 Å². The van der Waals surface area contributed by atoms with Crippen LogP contribution in [-0.4, -0.2) is 49.3 Å². The number of rotatable bonds is 7. The Labute approximate surface area is 207 Å². The number of nitrogens with zero attached hydrogens (tertiary/aromatic N) is 2. The van der Waals surface area contributed by atoms with Crippen molar-refractivity contribution in [1.29, 1.82) is 0 Å². The molecule has 1 aliphatic carbocycles. The molecule has 2 amide bonds. The van der Waals surface area contributed by atoms with Gasteiger partial charge in [-0.15, -0.1) is 0 Å². The van der Waals surface area contributed by atoms with Gasteiger partial charge < -0.3 is 10.1 Å². The van der Waals surface area contributed by atoms with E-state index in [9.17, 15) is 28.1 Å². The first-order chi connectivity index (χ1) is 17.1. The van der Waals surface area contributed by atoms with Crippen LogP contribution in [0, 0.1) is 10.1 Å². The molecule has 0 aliphatic heterocycles. The predicted molar refractivity (Wildman–Crippen MR) is 131 cm³/mol. The van der Waals surface area contributed by atoms with E-state index in [-0.39, 0.29) is 23.1 Å². The van der Waals surface area contributed by atoms with Gasteiger partial charge in [0.1, 0.15) is 12.6 Å². The van der Waals surface area contributed by atoms with Gasteiger partial charge in [-0.25, -0.2) is 17.5 Å². The largest absolute Gasteiger partial charge is 0.449 e. The summed E-state index contributed by atoms with van der Waals surface area (Å²) in [5, 5.41) is 13.2. The molecule has 0 bridgehead atoms. The highest BCUT2D eigenvalue weighted by Gasteiger charge is 2.32. The molecule has 36 heavy (non-hydrogen) atoms. The van der Waals surface area contributed by atoms with Gasteiger partial charge in [0.05, 0.1) is 9.82 Å². The van der Waals surface area contributed by atoms with E-state index in [1.54, 1.807) is 0 Å². The van der Waals surface area contributed by atoms with Crippen LogP contribution < -0.4 is 5.32 Å². The maximum Gasteiger partial charge on any atom is 0.407 e. The lowest BCUT2D eigenvalue weighted by Crippen LogP contribution is -2.47. The van der Waals surface area contributed by atoms with Gasteiger partial charge in [-0.2, -0.15) is 0 Å². The molecule has 0 saturated heterocycles. The highest BCUT2D eigenvalue weighted by molar-refractivity contribution is 7.89. The van der Waals surface area contributed by atoms with Crippen LogP contribution in [0.4, 0.5) is 10.5 Å². The highest BCUT2D eigenvalue weighted by Crippen LogP contribution is 2.44. The number of nitrogens with one attached hydrogen (secondary N) is 1. The summed E-state index contributed by atoms with van der Waals surface area (Å²) in [6.45, 7) is 1.38. The van der Waals surface area contributed by atoms with E-state index in [0.29, 0.717) is 4.31 Å². The lowest BCUT2D eigenvalue weighted by atomic mass is 9.98. The average Bonchev–Trinajstić information content (AvgIpc) is 3.20. The molecule has 0 saturated carbocycles. The molecular weight excluding hydrogens is 486 g/mol. The number of nitro benzene ring substituents is 1. The van der Waals surface area contributed by atoms with Crippen molar-refractivity contribution >= 4 is 27.7 Å². The van der Waals surface area contributed by atoms with Crippen molar-refractivity contribution in [1.82, 2.24) is 9.62 Å². The van der Waals surface area contributed by atoms with E-state index in [1.165, 1.54) is 6.92 Å². The van der Waals surface area contributed by atoms with Crippen LogP contribution in [0.5, 0.6) is 0 Å². The number of non-ortho nitro benzene ring substituents is 1. The van der Waals surface area contributed by atoms with Crippen molar-refractivity contribution in [3.63, 3.8) is 0 Å². The fourth-order valence-corrected chi connectivity index (χ4v) is 5.36. The second-order valence-corrected chi connectivity index (χ2v) is 10.2. The van der Waals surface area contributed by atoms with Crippen LogP contribution in [0.15, 0.2) is 77.7 Å². The Morgan fingerprint density at radius 3 is 2.06 bits per heavy atom.